The zero-order chi connectivity index (χ0) is 13.5. The average molecular weight is 256 g/mol. The number of nitrogens with zero attached hydrogens (tertiary/aromatic N) is 1. The van der Waals surface area contributed by atoms with Gasteiger partial charge in [-0.05, 0) is 49.9 Å². The summed E-state index contributed by atoms with van der Waals surface area (Å²) in [5.74, 6) is 0.738. The van der Waals surface area contributed by atoms with E-state index in [0.717, 1.165) is 25.4 Å². The average Bonchev–Trinajstić information content (AvgIpc) is 2.42. The molecule has 0 saturated heterocycles. The Morgan fingerprint density at radius 3 is 2.79 bits per heavy atom. The lowest BCUT2D eigenvalue weighted by molar-refractivity contribution is 0.535. The van der Waals surface area contributed by atoms with Gasteiger partial charge in [0.25, 0.3) is 0 Å². The molecule has 2 aromatic rings. The Balaban J connectivity index is 1.82. The van der Waals surface area contributed by atoms with Gasteiger partial charge in [0.05, 0.1) is 5.52 Å². The number of hydrogen-bond donors (Lipinski definition) is 1. The van der Waals surface area contributed by atoms with Crippen molar-refractivity contribution in [2.45, 2.75) is 33.1 Å². The van der Waals surface area contributed by atoms with Crippen molar-refractivity contribution in [3.8, 4) is 0 Å². The van der Waals surface area contributed by atoms with Crippen LogP contribution in [0, 0.1) is 5.92 Å². The molecule has 0 aliphatic rings. The van der Waals surface area contributed by atoms with Gasteiger partial charge in [-0.25, -0.2) is 0 Å². The third-order valence-corrected chi connectivity index (χ3v) is 3.32. The minimum Gasteiger partial charge on any atom is -0.316 e. The number of rotatable bonds is 7. The largest absolute Gasteiger partial charge is 0.316 e. The molecule has 0 radical (unpaired) electrons. The van der Waals surface area contributed by atoms with E-state index in [0.29, 0.717) is 0 Å². The normalized spacial score (nSPS) is 11.3. The molecule has 1 aromatic carbocycles. The second kappa shape index (κ2) is 7.25. The smallest absolute Gasteiger partial charge is 0.0733 e. The van der Waals surface area contributed by atoms with Crippen LogP contribution in [0.2, 0.25) is 0 Å². The fourth-order valence-corrected chi connectivity index (χ4v) is 2.33. The molecule has 0 atom stereocenters. The number of benzene rings is 1. The Bertz CT molecular complexity index is 500. The molecule has 2 heteroatoms. The van der Waals surface area contributed by atoms with E-state index in [2.05, 4.69) is 48.4 Å². The highest BCUT2D eigenvalue weighted by Gasteiger charge is 2.01. The number of unbranched alkanes of at least 4 members (excludes halogenated alkanes) is 1. The highest BCUT2D eigenvalue weighted by molar-refractivity contribution is 5.81. The SMILES string of the molecule is CC(C)CNCCCCc1cccc2cccnc12. The maximum absolute atomic E-state index is 4.50. The number of para-hydroxylation sites is 1. The van der Waals surface area contributed by atoms with Crippen LogP contribution in [-0.2, 0) is 6.42 Å². The van der Waals surface area contributed by atoms with E-state index in [9.17, 15) is 0 Å². The van der Waals surface area contributed by atoms with E-state index in [-0.39, 0.29) is 0 Å². The minimum absolute atomic E-state index is 0.738. The van der Waals surface area contributed by atoms with Gasteiger partial charge in [0.1, 0.15) is 0 Å². The van der Waals surface area contributed by atoms with Crippen LogP contribution in [0.25, 0.3) is 10.9 Å². The van der Waals surface area contributed by atoms with Crippen LogP contribution in [0.5, 0.6) is 0 Å². The fraction of sp³-hybridized carbons (Fsp3) is 0.471. The molecule has 0 unspecified atom stereocenters. The highest BCUT2D eigenvalue weighted by atomic mass is 14.8. The molecule has 1 N–H and O–H groups in total. The topological polar surface area (TPSA) is 24.9 Å². The second-order valence-electron chi connectivity index (χ2n) is 5.55. The molecule has 0 spiro atoms. The monoisotopic (exact) mass is 256 g/mol. The Hall–Kier alpha value is -1.41. The van der Waals surface area contributed by atoms with E-state index in [4.69, 9.17) is 0 Å². The highest BCUT2D eigenvalue weighted by Crippen LogP contribution is 2.17. The van der Waals surface area contributed by atoms with Gasteiger partial charge in [0, 0.05) is 11.6 Å². The number of nitrogens with one attached hydrogen (secondary N) is 1. The first kappa shape index (κ1) is 14.0. The standard InChI is InChI=1S/C17H24N2/c1-14(2)13-18-11-4-3-7-15-8-5-9-16-10-6-12-19-17(15)16/h5-6,8-10,12,14,18H,3-4,7,11,13H2,1-2H3. The summed E-state index contributed by atoms with van der Waals surface area (Å²) in [6.45, 7) is 6.73. The molecule has 1 aromatic heterocycles. The van der Waals surface area contributed by atoms with Crippen molar-refractivity contribution >= 4 is 10.9 Å². The molecule has 2 nitrogen and oxygen atoms in total. The zero-order valence-electron chi connectivity index (χ0n) is 12.0. The minimum atomic E-state index is 0.738. The van der Waals surface area contributed by atoms with Crippen LogP contribution < -0.4 is 5.32 Å². The Kier molecular flexibility index (Phi) is 5.34. The van der Waals surface area contributed by atoms with Gasteiger partial charge < -0.3 is 5.32 Å². The number of aromatic nitrogens is 1. The molecule has 19 heavy (non-hydrogen) atoms. The zero-order valence-corrected chi connectivity index (χ0v) is 12.0. The number of aryl methyl sites for hydroxylation is 1. The molecular formula is C17H24N2. The third-order valence-electron chi connectivity index (χ3n) is 3.32. The van der Waals surface area contributed by atoms with Gasteiger partial charge in [-0.2, -0.15) is 0 Å². The van der Waals surface area contributed by atoms with Crippen LogP contribution in [0.3, 0.4) is 0 Å². The summed E-state index contributed by atoms with van der Waals surface area (Å²) >= 11 is 0. The Morgan fingerprint density at radius 1 is 1.11 bits per heavy atom. The number of fused-ring (bicyclic) bond motifs is 1. The van der Waals surface area contributed by atoms with Gasteiger partial charge in [-0.15, -0.1) is 0 Å². The van der Waals surface area contributed by atoms with Crippen molar-refractivity contribution in [3.63, 3.8) is 0 Å². The van der Waals surface area contributed by atoms with Crippen LogP contribution in [-0.4, -0.2) is 18.1 Å². The molecule has 0 aliphatic carbocycles. The number of pyridine rings is 1. The molecule has 0 amide bonds. The maximum Gasteiger partial charge on any atom is 0.0733 e. The molecule has 0 aliphatic heterocycles. The quantitative estimate of drug-likeness (QED) is 0.762. The van der Waals surface area contributed by atoms with E-state index < -0.39 is 0 Å². The summed E-state index contributed by atoms with van der Waals surface area (Å²) in [4.78, 5) is 4.50. The third kappa shape index (κ3) is 4.32. The van der Waals surface area contributed by atoms with Crippen LogP contribution in [0.1, 0.15) is 32.3 Å². The maximum atomic E-state index is 4.50. The van der Waals surface area contributed by atoms with Gasteiger partial charge >= 0.3 is 0 Å². The van der Waals surface area contributed by atoms with Gasteiger partial charge in [-0.1, -0.05) is 38.1 Å². The number of hydrogen-bond acceptors (Lipinski definition) is 2. The first-order valence-electron chi connectivity index (χ1n) is 7.30. The summed E-state index contributed by atoms with van der Waals surface area (Å²) in [7, 11) is 0. The molecule has 1 heterocycles. The molecule has 0 bridgehead atoms. The van der Waals surface area contributed by atoms with Crippen molar-refractivity contribution in [1.29, 1.82) is 0 Å². The van der Waals surface area contributed by atoms with Gasteiger partial charge in [-0.3, -0.25) is 4.98 Å². The predicted octanol–water partition coefficient (Wildman–Crippen LogP) is 3.80. The van der Waals surface area contributed by atoms with Crippen molar-refractivity contribution in [2.75, 3.05) is 13.1 Å². The first-order valence-corrected chi connectivity index (χ1v) is 7.30. The molecule has 2 rings (SSSR count). The van der Waals surface area contributed by atoms with Crippen LogP contribution >= 0.6 is 0 Å². The van der Waals surface area contributed by atoms with Gasteiger partial charge in [0.15, 0.2) is 0 Å². The molecule has 0 saturated carbocycles. The van der Waals surface area contributed by atoms with Crippen LogP contribution in [0.15, 0.2) is 36.5 Å². The van der Waals surface area contributed by atoms with Gasteiger partial charge in [0.2, 0.25) is 0 Å². The summed E-state index contributed by atoms with van der Waals surface area (Å²) in [5, 5.41) is 4.74. The van der Waals surface area contributed by atoms with Crippen molar-refractivity contribution in [2.24, 2.45) is 5.92 Å². The first-order chi connectivity index (χ1) is 9.27. The Morgan fingerprint density at radius 2 is 1.95 bits per heavy atom. The van der Waals surface area contributed by atoms with Crippen molar-refractivity contribution < 1.29 is 0 Å². The summed E-state index contributed by atoms with van der Waals surface area (Å²) < 4.78 is 0. The summed E-state index contributed by atoms with van der Waals surface area (Å²) in [6.07, 6.45) is 5.46. The second-order valence-corrected chi connectivity index (χ2v) is 5.55. The molecule has 0 fully saturated rings. The fourth-order valence-electron chi connectivity index (χ4n) is 2.33. The lowest BCUT2D eigenvalue weighted by Crippen LogP contribution is -2.20. The molecule has 102 valence electrons. The lowest BCUT2D eigenvalue weighted by atomic mass is 10.0. The van der Waals surface area contributed by atoms with Crippen molar-refractivity contribution in [3.05, 3.63) is 42.1 Å². The predicted molar refractivity (Wildman–Crippen MR) is 82.4 cm³/mol. The van der Waals surface area contributed by atoms with E-state index in [1.54, 1.807) is 0 Å². The van der Waals surface area contributed by atoms with E-state index in [1.165, 1.54) is 29.3 Å². The lowest BCUT2D eigenvalue weighted by Gasteiger charge is -2.08. The van der Waals surface area contributed by atoms with E-state index in [1.807, 2.05) is 12.3 Å². The van der Waals surface area contributed by atoms with Crippen LogP contribution in [0.4, 0.5) is 0 Å². The molecular weight excluding hydrogens is 232 g/mol. The van der Waals surface area contributed by atoms with Crippen molar-refractivity contribution in [1.82, 2.24) is 10.3 Å². The summed E-state index contributed by atoms with van der Waals surface area (Å²) in [6, 6.07) is 10.6. The Labute approximate surface area is 116 Å². The summed E-state index contributed by atoms with van der Waals surface area (Å²) in [5.41, 5.74) is 2.54. The van der Waals surface area contributed by atoms with E-state index >= 15 is 0 Å².